The summed E-state index contributed by atoms with van der Waals surface area (Å²) in [5.74, 6) is 1.40. The van der Waals surface area contributed by atoms with Gasteiger partial charge in [0.1, 0.15) is 17.3 Å². The predicted molar refractivity (Wildman–Crippen MR) is 81.2 cm³/mol. The summed E-state index contributed by atoms with van der Waals surface area (Å²) in [5.41, 5.74) is 7.30. The van der Waals surface area contributed by atoms with E-state index in [1.165, 1.54) is 6.07 Å². The van der Waals surface area contributed by atoms with Crippen LogP contribution in [0.15, 0.2) is 36.9 Å². The van der Waals surface area contributed by atoms with Crippen molar-refractivity contribution in [2.75, 3.05) is 5.73 Å². The van der Waals surface area contributed by atoms with Gasteiger partial charge >= 0.3 is 0 Å². The minimum atomic E-state index is -0.449. The highest BCUT2D eigenvalue weighted by molar-refractivity contribution is 5.70. The van der Waals surface area contributed by atoms with Gasteiger partial charge in [0, 0.05) is 30.9 Å². The molecule has 0 unspecified atom stereocenters. The monoisotopic (exact) mass is 298 g/mol. The molecule has 112 valence electrons. The van der Waals surface area contributed by atoms with Crippen molar-refractivity contribution in [2.24, 2.45) is 0 Å². The lowest BCUT2D eigenvalue weighted by atomic mass is 10.2. The van der Waals surface area contributed by atoms with Crippen LogP contribution in [0.3, 0.4) is 0 Å². The maximum atomic E-state index is 11.3. The van der Waals surface area contributed by atoms with Crippen LogP contribution in [0, 0.1) is 24.0 Å². The summed E-state index contributed by atoms with van der Waals surface area (Å²) in [4.78, 5) is 19.2. The third kappa shape index (κ3) is 2.10. The zero-order chi connectivity index (χ0) is 15.9. The molecule has 0 aliphatic rings. The Morgan fingerprint density at radius 2 is 1.59 bits per heavy atom. The van der Waals surface area contributed by atoms with Crippen LogP contribution in [0.25, 0.3) is 11.4 Å². The minimum absolute atomic E-state index is 0.0693. The van der Waals surface area contributed by atoms with Gasteiger partial charge < -0.3 is 10.3 Å². The molecule has 0 saturated heterocycles. The van der Waals surface area contributed by atoms with E-state index in [0.717, 1.165) is 5.82 Å². The van der Waals surface area contributed by atoms with Crippen molar-refractivity contribution in [1.29, 1.82) is 0 Å². The Labute approximate surface area is 126 Å². The molecule has 2 aromatic heterocycles. The number of nitrogens with zero attached hydrogens (tertiary/aromatic N) is 5. The second-order valence-corrected chi connectivity index (χ2v) is 4.85. The van der Waals surface area contributed by atoms with Gasteiger partial charge in [-0.3, -0.25) is 14.7 Å². The molecule has 0 atom stereocenters. The highest BCUT2D eigenvalue weighted by Crippen LogP contribution is 2.31. The van der Waals surface area contributed by atoms with Gasteiger partial charge in [-0.05, 0) is 19.9 Å². The number of imidazole rings is 2. The maximum Gasteiger partial charge on any atom is 0.295 e. The van der Waals surface area contributed by atoms with Gasteiger partial charge in [-0.1, -0.05) is 0 Å². The molecule has 0 aliphatic heterocycles. The number of aryl methyl sites for hydroxylation is 2. The first-order valence-corrected chi connectivity index (χ1v) is 6.57. The first-order valence-electron chi connectivity index (χ1n) is 6.57. The second kappa shape index (κ2) is 4.99. The van der Waals surface area contributed by atoms with E-state index in [-0.39, 0.29) is 5.69 Å². The van der Waals surface area contributed by atoms with Crippen LogP contribution in [0.4, 0.5) is 11.4 Å². The summed E-state index contributed by atoms with van der Waals surface area (Å²) in [6, 6.07) is 3.04. The lowest BCUT2D eigenvalue weighted by molar-refractivity contribution is -0.384. The number of nitro benzene ring substituents is 1. The quantitative estimate of drug-likeness (QED) is 0.453. The van der Waals surface area contributed by atoms with Gasteiger partial charge in [-0.15, -0.1) is 0 Å². The number of benzene rings is 1. The van der Waals surface area contributed by atoms with E-state index >= 15 is 0 Å². The maximum absolute atomic E-state index is 11.3. The van der Waals surface area contributed by atoms with Crippen LogP contribution in [-0.2, 0) is 0 Å². The van der Waals surface area contributed by atoms with Crippen LogP contribution in [-0.4, -0.2) is 24.0 Å². The van der Waals surface area contributed by atoms with Crippen LogP contribution >= 0.6 is 0 Å². The lowest BCUT2D eigenvalue weighted by Crippen LogP contribution is -2.07. The number of hydrogen-bond acceptors (Lipinski definition) is 5. The van der Waals surface area contributed by atoms with Gasteiger partial charge in [0.25, 0.3) is 5.69 Å². The standard InChI is InChI=1S/C14H14N6O2/c1-9-16-3-5-18(9)12-8-13(19-6-4-17-10(19)2)14(20(21)22)7-11(12)15/h3-8H,15H2,1-2H3. The summed E-state index contributed by atoms with van der Waals surface area (Å²) in [5, 5.41) is 11.3. The zero-order valence-electron chi connectivity index (χ0n) is 12.1. The smallest absolute Gasteiger partial charge is 0.295 e. The molecule has 2 heterocycles. The highest BCUT2D eigenvalue weighted by atomic mass is 16.6. The summed E-state index contributed by atoms with van der Waals surface area (Å²) in [6.07, 6.45) is 6.69. The zero-order valence-corrected chi connectivity index (χ0v) is 12.1. The summed E-state index contributed by atoms with van der Waals surface area (Å²) in [7, 11) is 0. The largest absolute Gasteiger partial charge is 0.397 e. The molecule has 0 bridgehead atoms. The fourth-order valence-corrected chi connectivity index (χ4v) is 2.39. The van der Waals surface area contributed by atoms with Gasteiger partial charge in [0.15, 0.2) is 0 Å². The first kappa shape index (κ1) is 13.8. The SMILES string of the molecule is Cc1nccn1-c1cc(-n2ccnc2C)c([N+](=O)[O-])cc1N. The molecule has 1 aromatic carbocycles. The van der Waals surface area contributed by atoms with Crippen LogP contribution in [0.2, 0.25) is 0 Å². The molecular weight excluding hydrogens is 284 g/mol. The third-order valence-corrected chi connectivity index (χ3v) is 3.49. The molecule has 3 aromatic rings. The highest BCUT2D eigenvalue weighted by Gasteiger charge is 2.20. The number of nitrogen functional groups attached to an aromatic ring is 1. The average Bonchev–Trinajstić information content (AvgIpc) is 3.07. The van der Waals surface area contributed by atoms with Crippen molar-refractivity contribution in [3.05, 3.63) is 58.7 Å². The van der Waals surface area contributed by atoms with E-state index in [1.807, 2.05) is 6.92 Å². The van der Waals surface area contributed by atoms with Crippen molar-refractivity contribution in [3.8, 4) is 11.4 Å². The predicted octanol–water partition coefficient (Wildman–Crippen LogP) is 2.17. The summed E-state index contributed by atoms with van der Waals surface area (Å²) in [6.45, 7) is 3.62. The Hall–Kier alpha value is -3.16. The summed E-state index contributed by atoms with van der Waals surface area (Å²) < 4.78 is 3.45. The lowest BCUT2D eigenvalue weighted by Gasteiger charge is -2.13. The Kier molecular flexibility index (Phi) is 3.13. The van der Waals surface area contributed by atoms with Crippen LogP contribution in [0.1, 0.15) is 11.6 Å². The normalized spacial score (nSPS) is 10.8. The van der Waals surface area contributed by atoms with Gasteiger partial charge in [-0.2, -0.15) is 0 Å². The Morgan fingerprint density at radius 1 is 1.05 bits per heavy atom. The van der Waals surface area contributed by atoms with E-state index in [0.29, 0.717) is 22.9 Å². The van der Waals surface area contributed by atoms with E-state index in [4.69, 9.17) is 5.73 Å². The van der Waals surface area contributed by atoms with Crippen LogP contribution < -0.4 is 5.73 Å². The molecular formula is C14H14N6O2. The molecule has 0 spiro atoms. The number of nitro groups is 1. The van der Waals surface area contributed by atoms with E-state index < -0.39 is 4.92 Å². The van der Waals surface area contributed by atoms with E-state index in [1.54, 1.807) is 46.9 Å². The number of aromatic nitrogens is 4. The second-order valence-electron chi connectivity index (χ2n) is 4.85. The molecule has 8 nitrogen and oxygen atoms in total. The van der Waals surface area contributed by atoms with Gasteiger partial charge in [0.2, 0.25) is 0 Å². The Balaban J connectivity index is 2.30. The molecule has 0 saturated carbocycles. The average molecular weight is 298 g/mol. The fourth-order valence-electron chi connectivity index (χ4n) is 2.39. The first-order chi connectivity index (χ1) is 10.5. The van der Waals surface area contributed by atoms with Crippen molar-refractivity contribution in [3.63, 3.8) is 0 Å². The molecule has 3 rings (SSSR count). The van der Waals surface area contributed by atoms with E-state index in [2.05, 4.69) is 9.97 Å². The van der Waals surface area contributed by atoms with Crippen LogP contribution in [0.5, 0.6) is 0 Å². The summed E-state index contributed by atoms with van der Waals surface area (Å²) >= 11 is 0. The third-order valence-electron chi connectivity index (χ3n) is 3.49. The van der Waals surface area contributed by atoms with E-state index in [9.17, 15) is 10.1 Å². The molecule has 0 fully saturated rings. The molecule has 0 radical (unpaired) electrons. The van der Waals surface area contributed by atoms with Gasteiger partial charge in [-0.25, -0.2) is 9.97 Å². The number of rotatable bonds is 3. The van der Waals surface area contributed by atoms with Crippen molar-refractivity contribution >= 4 is 11.4 Å². The number of nitrogens with two attached hydrogens (primary N) is 1. The van der Waals surface area contributed by atoms with Crippen molar-refractivity contribution < 1.29 is 4.92 Å². The molecule has 2 N–H and O–H groups in total. The number of anilines is 1. The molecule has 0 amide bonds. The minimum Gasteiger partial charge on any atom is -0.397 e. The van der Waals surface area contributed by atoms with Crippen molar-refractivity contribution in [2.45, 2.75) is 13.8 Å². The molecule has 22 heavy (non-hydrogen) atoms. The molecule has 0 aliphatic carbocycles. The molecule has 8 heteroatoms. The topological polar surface area (TPSA) is 105 Å². The number of hydrogen-bond donors (Lipinski definition) is 1. The van der Waals surface area contributed by atoms with Crippen molar-refractivity contribution in [1.82, 2.24) is 19.1 Å². The van der Waals surface area contributed by atoms with Gasteiger partial charge in [0.05, 0.1) is 16.3 Å². The Bertz CT molecular complexity index is 864. The fraction of sp³-hybridized carbons (Fsp3) is 0.143. The Morgan fingerprint density at radius 3 is 2.05 bits per heavy atom.